The zero-order chi connectivity index (χ0) is 14.6. The van der Waals surface area contributed by atoms with Crippen molar-refractivity contribution in [3.05, 3.63) is 47.8 Å². The van der Waals surface area contributed by atoms with Crippen molar-refractivity contribution in [2.75, 3.05) is 6.54 Å². The van der Waals surface area contributed by atoms with Gasteiger partial charge in [-0.3, -0.25) is 4.68 Å². The summed E-state index contributed by atoms with van der Waals surface area (Å²) in [4.78, 5) is 0. The average molecular weight is 272 g/mol. The highest BCUT2D eigenvalue weighted by Crippen LogP contribution is 2.20. The Labute approximate surface area is 121 Å². The first-order valence-electron chi connectivity index (χ1n) is 7.09. The Hall–Kier alpha value is -1.68. The quantitative estimate of drug-likeness (QED) is 0.909. The van der Waals surface area contributed by atoms with E-state index in [1.165, 1.54) is 5.56 Å². The van der Waals surface area contributed by atoms with Crippen LogP contribution in [-0.4, -0.2) is 27.1 Å². The van der Waals surface area contributed by atoms with Crippen molar-refractivity contribution in [1.29, 1.82) is 0 Å². The fraction of sp³-hybridized carbons (Fsp3) is 0.500. The molecule has 0 aliphatic rings. The van der Waals surface area contributed by atoms with E-state index in [9.17, 15) is 0 Å². The summed E-state index contributed by atoms with van der Waals surface area (Å²) in [6, 6.07) is 10.6. The zero-order valence-electron chi connectivity index (χ0n) is 12.8. The molecule has 2 aromatic rings. The monoisotopic (exact) mass is 272 g/mol. The van der Waals surface area contributed by atoms with Crippen molar-refractivity contribution >= 4 is 0 Å². The number of aromatic nitrogens is 3. The molecule has 1 N–H and O–H groups in total. The first-order chi connectivity index (χ1) is 9.44. The lowest BCUT2D eigenvalue weighted by Gasteiger charge is -2.25. The van der Waals surface area contributed by atoms with Crippen molar-refractivity contribution in [3.8, 4) is 0 Å². The number of nitrogens with zero attached hydrogens (tertiary/aromatic N) is 3. The minimum atomic E-state index is 0.120. The maximum atomic E-state index is 4.21. The molecule has 1 atom stereocenters. The Balaban J connectivity index is 2.11. The van der Waals surface area contributed by atoms with Crippen molar-refractivity contribution in [1.82, 2.24) is 20.3 Å². The Bertz CT molecular complexity index is 525. The van der Waals surface area contributed by atoms with E-state index in [4.69, 9.17) is 0 Å². The van der Waals surface area contributed by atoms with E-state index < -0.39 is 0 Å². The molecule has 0 aliphatic heterocycles. The molecule has 1 heterocycles. The van der Waals surface area contributed by atoms with E-state index in [-0.39, 0.29) is 5.54 Å². The molecule has 20 heavy (non-hydrogen) atoms. The van der Waals surface area contributed by atoms with Crippen LogP contribution >= 0.6 is 0 Å². The lowest BCUT2D eigenvalue weighted by Crippen LogP contribution is -2.39. The molecule has 0 fully saturated rings. The van der Waals surface area contributed by atoms with Gasteiger partial charge in [-0.2, -0.15) is 0 Å². The van der Waals surface area contributed by atoms with E-state index in [0.29, 0.717) is 5.92 Å². The predicted octanol–water partition coefficient (Wildman–Crippen LogP) is 2.53. The lowest BCUT2D eigenvalue weighted by molar-refractivity contribution is 0.404. The molecule has 4 nitrogen and oxygen atoms in total. The summed E-state index contributed by atoms with van der Waals surface area (Å²) in [5.74, 6) is 0.409. The molecule has 0 aliphatic carbocycles. The Kier molecular flexibility index (Phi) is 4.55. The summed E-state index contributed by atoms with van der Waals surface area (Å²) in [7, 11) is 1.90. The minimum absolute atomic E-state index is 0.120. The zero-order valence-corrected chi connectivity index (χ0v) is 12.8. The van der Waals surface area contributed by atoms with Crippen LogP contribution in [0.15, 0.2) is 36.5 Å². The molecule has 1 aromatic carbocycles. The van der Waals surface area contributed by atoms with Crippen molar-refractivity contribution in [3.63, 3.8) is 0 Å². The summed E-state index contributed by atoms with van der Waals surface area (Å²) in [6.45, 7) is 7.51. The van der Waals surface area contributed by atoms with Crippen LogP contribution < -0.4 is 5.32 Å². The summed E-state index contributed by atoms with van der Waals surface area (Å²) >= 11 is 0. The highest BCUT2D eigenvalue weighted by molar-refractivity contribution is 5.21. The Morgan fingerprint density at radius 3 is 2.45 bits per heavy atom. The molecule has 108 valence electrons. The molecular weight excluding hydrogens is 248 g/mol. The molecule has 0 spiro atoms. The molecule has 0 saturated carbocycles. The van der Waals surface area contributed by atoms with E-state index >= 15 is 0 Å². The molecule has 0 bridgehead atoms. The second-order valence-corrected chi connectivity index (χ2v) is 6.33. The number of benzene rings is 1. The number of nitrogens with one attached hydrogen (secondary N) is 1. The van der Waals surface area contributed by atoms with Crippen LogP contribution in [-0.2, 0) is 13.5 Å². The van der Waals surface area contributed by atoms with Crippen molar-refractivity contribution in [2.45, 2.75) is 38.6 Å². The predicted molar refractivity (Wildman–Crippen MR) is 81.6 cm³/mol. The summed E-state index contributed by atoms with van der Waals surface area (Å²) in [6.07, 6.45) is 2.90. The summed E-state index contributed by atoms with van der Waals surface area (Å²) < 4.78 is 1.76. The molecule has 0 amide bonds. The van der Waals surface area contributed by atoms with Crippen LogP contribution in [0.3, 0.4) is 0 Å². The first kappa shape index (κ1) is 14.7. The summed E-state index contributed by atoms with van der Waals surface area (Å²) in [5, 5.41) is 11.8. The van der Waals surface area contributed by atoms with E-state index in [0.717, 1.165) is 18.7 Å². The molecule has 0 saturated heterocycles. The normalized spacial score (nSPS) is 13.4. The van der Waals surface area contributed by atoms with Gasteiger partial charge in [0.25, 0.3) is 0 Å². The Morgan fingerprint density at radius 1 is 1.20 bits per heavy atom. The SMILES string of the molecule is Cn1cc(CC(CNC(C)(C)C)c2ccccc2)nn1. The van der Waals surface area contributed by atoms with Crippen LogP contribution in [0.5, 0.6) is 0 Å². The standard InChI is InChI=1S/C16H24N4/c1-16(2,3)17-11-14(13-8-6-5-7-9-13)10-15-12-20(4)19-18-15/h5-9,12,14,17H,10-11H2,1-4H3. The van der Waals surface area contributed by atoms with Gasteiger partial charge in [0.15, 0.2) is 0 Å². The van der Waals surface area contributed by atoms with Gasteiger partial charge in [-0.25, -0.2) is 0 Å². The molecule has 0 radical (unpaired) electrons. The lowest BCUT2D eigenvalue weighted by atomic mass is 9.93. The third-order valence-electron chi connectivity index (χ3n) is 3.26. The molecule has 1 unspecified atom stereocenters. The molecule has 2 rings (SSSR count). The van der Waals surface area contributed by atoms with Crippen molar-refractivity contribution < 1.29 is 0 Å². The van der Waals surface area contributed by atoms with Crippen LogP contribution in [0.2, 0.25) is 0 Å². The van der Waals surface area contributed by atoms with Crippen LogP contribution in [0.4, 0.5) is 0 Å². The smallest absolute Gasteiger partial charge is 0.0833 e. The fourth-order valence-corrected chi connectivity index (χ4v) is 2.20. The third-order valence-corrected chi connectivity index (χ3v) is 3.26. The van der Waals surface area contributed by atoms with Gasteiger partial charge in [0.2, 0.25) is 0 Å². The summed E-state index contributed by atoms with van der Waals surface area (Å²) in [5.41, 5.74) is 2.50. The number of hydrogen-bond acceptors (Lipinski definition) is 3. The van der Waals surface area contributed by atoms with E-state index in [1.807, 2.05) is 13.2 Å². The van der Waals surface area contributed by atoms with Gasteiger partial charge < -0.3 is 5.32 Å². The third kappa shape index (κ3) is 4.46. The molecule has 1 aromatic heterocycles. The van der Waals surface area contributed by atoms with Gasteiger partial charge in [0.05, 0.1) is 5.69 Å². The van der Waals surface area contributed by atoms with E-state index in [2.05, 4.69) is 66.7 Å². The number of hydrogen-bond donors (Lipinski definition) is 1. The van der Waals surface area contributed by atoms with Gasteiger partial charge in [0, 0.05) is 37.7 Å². The maximum Gasteiger partial charge on any atom is 0.0833 e. The average Bonchev–Trinajstić information content (AvgIpc) is 2.80. The van der Waals surface area contributed by atoms with Gasteiger partial charge in [0.1, 0.15) is 0 Å². The van der Waals surface area contributed by atoms with Crippen LogP contribution in [0, 0.1) is 0 Å². The van der Waals surface area contributed by atoms with Crippen molar-refractivity contribution in [2.24, 2.45) is 7.05 Å². The first-order valence-corrected chi connectivity index (χ1v) is 7.09. The Morgan fingerprint density at radius 2 is 1.90 bits per heavy atom. The largest absolute Gasteiger partial charge is 0.311 e. The minimum Gasteiger partial charge on any atom is -0.311 e. The van der Waals surface area contributed by atoms with E-state index in [1.54, 1.807) is 4.68 Å². The second kappa shape index (κ2) is 6.18. The maximum absolute atomic E-state index is 4.21. The molecule has 4 heteroatoms. The number of aryl methyl sites for hydroxylation is 1. The van der Waals surface area contributed by atoms with Crippen LogP contribution in [0.1, 0.15) is 37.9 Å². The fourth-order valence-electron chi connectivity index (χ4n) is 2.20. The topological polar surface area (TPSA) is 42.7 Å². The van der Waals surface area contributed by atoms with Gasteiger partial charge in [-0.15, -0.1) is 5.10 Å². The van der Waals surface area contributed by atoms with Crippen LogP contribution in [0.25, 0.3) is 0 Å². The number of rotatable bonds is 5. The molecular formula is C16H24N4. The highest BCUT2D eigenvalue weighted by atomic mass is 15.4. The van der Waals surface area contributed by atoms with Gasteiger partial charge >= 0.3 is 0 Å². The second-order valence-electron chi connectivity index (χ2n) is 6.33. The van der Waals surface area contributed by atoms with Gasteiger partial charge in [-0.05, 0) is 26.3 Å². The highest BCUT2D eigenvalue weighted by Gasteiger charge is 2.17. The van der Waals surface area contributed by atoms with Gasteiger partial charge in [-0.1, -0.05) is 35.5 Å².